The molecule has 1 saturated carbocycles. The Morgan fingerprint density at radius 3 is 2.56 bits per heavy atom. The number of carbonyl (C=O) groups is 2. The maximum absolute atomic E-state index is 13.2. The molecule has 2 atom stereocenters. The highest BCUT2D eigenvalue weighted by atomic mass is 35.5. The van der Waals surface area contributed by atoms with Gasteiger partial charge in [0, 0.05) is 23.7 Å². The van der Waals surface area contributed by atoms with Gasteiger partial charge >= 0.3 is 0 Å². The van der Waals surface area contributed by atoms with Crippen LogP contribution in [0.3, 0.4) is 0 Å². The van der Waals surface area contributed by atoms with Crippen molar-refractivity contribution < 1.29 is 9.59 Å². The number of hydrogen-bond acceptors (Lipinski definition) is 3. The summed E-state index contributed by atoms with van der Waals surface area (Å²) < 4.78 is 0. The summed E-state index contributed by atoms with van der Waals surface area (Å²) in [5.41, 5.74) is 1.33. The average molecular weight is 392 g/mol. The monoisotopic (exact) mass is 391 g/mol. The van der Waals surface area contributed by atoms with Gasteiger partial charge in [0.2, 0.25) is 5.91 Å². The molecule has 0 unspecified atom stereocenters. The quantitative estimate of drug-likeness (QED) is 0.810. The number of rotatable bonds is 6. The van der Waals surface area contributed by atoms with Crippen molar-refractivity contribution in [3.8, 4) is 0 Å². The third kappa shape index (κ3) is 4.30. The first-order valence-corrected chi connectivity index (χ1v) is 10.2. The molecule has 3 rings (SSSR count). The molecule has 2 aliphatic rings. The molecule has 27 heavy (non-hydrogen) atoms. The van der Waals surface area contributed by atoms with E-state index in [0.717, 1.165) is 37.8 Å². The third-order valence-electron chi connectivity index (χ3n) is 5.77. The summed E-state index contributed by atoms with van der Waals surface area (Å²) in [5.74, 6) is 0.145. The Hall–Kier alpha value is -1.59. The molecule has 148 valence electrons. The lowest BCUT2D eigenvalue weighted by molar-refractivity contribution is -0.138. The summed E-state index contributed by atoms with van der Waals surface area (Å²) in [6.07, 6.45) is 3.57. The fourth-order valence-corrected chi connectivity index (χ4v) is 4.69. The highest BCUT2D eigenvalue weighted by Crippen LogP contribution is 2.48. The maximum atomic E-state index is 13.2. The van der Waals surface area contributed by atoms with Crippen LogP contribution in [0.25, 0.3) is 0 Å². The molecule has 1 aromatic rings. The SMILES string of the molecule is CC[C@@H]1[C@@H](NC(=O)c2cc(C)cc(Cl)c2)CCN1C(=O)C1(CN(C)C)CC1. The second-order valence-electron chi connectivity index (χ2n) is 8.38. The Labute approximate surface area is 167 Å². The first-order valence-electron chi connectivity index (χ1n) is 9.79. The van der Waals surface area contributed by atoms with E-state index in [0.29, 0.717) is 17.1 Å². The van der Waals surface area contributed by atoms with Crippen LogP contribution in [0.1, 0.15) is 48.5 Å². The van der Waals surface area contributed by atoms with Crippen molar-refractivity contribution in [2.45, 2.75) is 51.6 Å². The van der Waals surface area contributed by atoms with Gasteiger partial charge in [-0.05, 0) is 70.5 Å². The summed E-state index contributed by atoms with van der Waals surface area (Å²) in [6.45, 7) is 5.53. The minimum Gasteiger partial charge on any atom is -0.347 e. The van der Waals surface area contributed by atoms with Crippen LogP contribution in [0.4, 0.5) is 0 Å². The summed E-state index contributed by atoms with van der Waals surface area (Å²) >= 11 is 6.09. The van der Waals surface area contributed by atoms with Gasteiger partial charge in [-0.15, -0.1) is 0 Å². The molecule has 2 amide bonds. The number of nitrogens with zero attached hydrogens (tertiary/aromatic N) is 2. The second-order valence-corrected chi connectivity index (χ2v) is 8.81. The molecule has 0 bridgehead atoms. The summed E-state index contributed by atoms with van der Waals surface area (Å²) in [5, 5.41) is 3.71. The van der Waals surface area contributed by atoms with E-state index < -0.39 is 0 Å². The van der Waals surface area contributed by atoms with E-state index in [-0.39, 0.29) is 29.3 Å². The number of amides is 2. The van der Waals surface area contributed by atoms with Crippen molar-refractivity contribution in [1.82, 2.24) is 15.1 Å². The van der Waals surface area contributed by atoms with Crippen LogP contribution in [-0.2, 0) is 4.79 Å². The van der Waals surface area contributed by atoms with E-state index in [4.69, 9.17) is 11.6 Å². The van der Waals surface area contributed by atoms with Crippen molar-refractivity contribution in [3.63, 3.8) is 0 Å². The minimum absolute atomic E-state index is 0.0131. The van der Waals surface area contributed by atoms with E-state index in [1.165, 1.54) is 0 Å². The van der Waals surface area contributed by atoms with Gasteiger partial charge in [-0.2, -0.15) is 0 Å². The predicted octanol–water partition coefficient (Wildman–Crippen LogP) is 3.10. The zero-order valence-corrected chi connectivity index (χ0v) is 17.5. The Bertz CT molecular complexity index is 710. The fraction of sp³-hybridized carbons (Fsp3) is 0.619. The molecule has 0 aromatic heterocycles. The van der Waals surface area contributed by atoms with Gasteiger partial charge in [0.1, 0.15) is 0 Å². The van der Waals surface area contributed by atoms with Crippen LogP contribution in [0, 0.1) is 12.3 Å². The summed E-state index contributed by atoms with van der Waals surface area (Å²) in [6, 6.07) is 5.42. The lowest BCUT2D eigenvalue weighted by Gasteiger charge is -2.32. The van der Waals surface area contributed by atoms with Crippen LogP contribution in [-0.4, -0.2) is 60.9 Å². The van der Waals surface area contributed by atoms with Crippen LogP contribution in [0.5, 0.6) is 0 Å². The average Bonchev–Trinajstić information content (AvgIpc) is 3.25. The molecule has 2 fully saturated rings. The standard InChI is InChI=1S/C21H30ClN3O2/c1-5-18-17(23-19(26)15-10-14(2)11-16(22)12-15)6-9-25(18)20(27)21(7-8-21)13-24(3)4/h10-12,17-18H,5-9,13H2,1-4H3,(H,23,26)/t17-,18+/m0/s1. The van der Waals surface area contributed by atoms with Gasteiger partial charge in [0.15, 0.2) is 0 Å². The number of carbonyl (C=O) groups excluding carboxylic acids is 2. The van der Waals surface area contributed by atoms with Gasteiger partial charge in [-0.1, -0.05) is 18.5 Å². The number of likely N-dealkylation sites (tertiary alicyclic amines) is 1. The molecule has 1 heterocycles. The highest BCUT2D eigenvalue weighted by Gasteiger charge is 2.54. The minimum atomic E-state index is -0.208. The van der Waals surface area contributed by atoms with Crippen LogP contribution in [0.2, 0.25) is 5.02 Å². The van der Waals surface area contributed by atoms with Gasteiger partial charge in [-0.25, -0.2) is 0 Å². The number of aryl methyl sites for hydroxylation is 1. The molecule has 1 aromatic carbocycles. The molecule has 0 spiro atoms. The lowest BCUT2D eigenvalue weighted by atomic mass is 10.0. The summed E-state index contributed by atoms with van der Waals surface area (Å²) in [7, 11) is 4.04. The maximum Gasteiger partial charge on any atom is 0.251 e. The Morgan fingerprint density at radius 2 is 2.00 bits per heavy atom. The number of halogens is 1. The van der Waals surface area contributed by atoms with E-state index in [1.807, 2.05) is 38.1 Å². The van der Waals surface area contributed by atoms with E-state index in [2.05, 4.69) is 17.1 Å². The number of hydrogen-bond donors (Lipinski definition) is 1. The molecule has 0 radical (unpaired) electrons. The van der Waals surface area contributed by atoms with E-state index in [9.17, 15) is 9.59 Å². The molecule has 5 nitrogen and oxygen atoms in total. The molecule has 6 heteroatoms. The predicted molar refractivity (Wildman–Crippen MR) is 108 cm³/mol. The molecular weight excluding hydrogens is 362 g/mol. The lowest BCUT2D eigenvalue weighted by Crippen LogP contribution is -2.49. The molecule has 1 saturated heterocycles. The third-order valence-corrected chi connectivity index (χ3v) is 5.99. The molecule has 1 aliphatic carbocycles. The Kier molecular flexibility index (Phi) is 5.82. The molecule has 1 N–H and O–H groups in total. The zero-order chi connectivity index (χ0) is 19.8. The van der Waals surface area contributed by atoms with Gasteiger partial charge in [0.05, 0.1) is 17.5 Å². The summed E-state index contributed by atoms with van der Waals surface area (Å²) in [4.78, 5) is 30.0. The van der Waals surface area contributed by atoms with Crippen molar-refractivity contribution >= 4 is 23.4 Å². The van der Waals surface area contributed by atoms with Crippen molar-refractivity contribution in [2.24, 2.45) is 5.41 Å². The van der Waals surface area contributed by atoms with E-state index >= 15 is 0 Å². The smallest absolute Gasteiger partial charge is 0.251 e. The van der Waals surface area contributed by atoms with Crippen molar-refractivity contribution in [3.05, 3.63) is 34.3 Å². The number of benzene rings is 1. The highest BCUT2D eigenvalue weighted by molar-refractivity contribution is 6.31. The van der Waals surface area contributed by atoms with Crippen molar-refractivity contribution in [2.75, 3.05) is 27.2 Å². The topological polar surface area (TPSA) is 52.7 Å². The van der Waals surface area contributed by atoms with Gasteiger partial charge in [-0.3, -0.25) is 9.59 Å². The molecule has 1 aliphatic heterocycles. The molecular formula is C21H30ClN3O2. The first-order chi connectivity index (χ1) is 12.8. The van der Waals surface area contributed by atoms with Crippen LogP contribution in [0.15, 0.2) is 18.2 Å². The Balaban J connectivity index is 1.69. The fourth-order valence-electron chi connectivity index (χ4n) is 4.40. The Morgan fingerprint density at radius 1 is 1.30 bits per heavy atom. The first kappa shape index (κ1) is 20.2. The number of nitrogens with one attached hydrogen (secondary N) is 1. The van der Waals surface area contributed by atoms with Crippen LogP contribution >= 0.6 is 11.6 Å². The van der Waals surface area contributed by atoms with Gasteiger partial charge < -0.3 is 15.1 Å². The van der Waals surface area contributed by atoms with E-state index in [1.54, 1.807) is 6.07 Å². The normalized spacial score (nSPS) is 23.6. The largest absolute Gasteiger partial charge is 0.347 e. The van der Waals surface area contributed by atoms with Crippen LogP contribution < -0.4 is 5.32 Å². The van der Waals surface area contributed by atoms with Gasteiger partial charge in [0.25, 0.3) is 5.91 Å². The second kappa shape index (κ2) is 7.80. The van der Waals surface area contributed by atoms with Crippen molar-refractivity contribution in [1.29, 1.82) is 0 Å². The zero-order valence-electron chi connectivity index (χ0n) is 16.7.